The third-order valence-electron chi connectivity index (χ3n) is 1.67. The summed E-state index contributed by atoms with van der Waals surface area (Å²) in [5.74, 6) is -0.121. The van der Waals surface area contributed by atoms with Gasteiger partial charge in [-0.05, 0) is 13.8 Å². The Morgan fingerprint density at radius 1 is 1.40 bits per heavy atom. The number of ketones is 1. The van der Waals surface area contributed by atoms with Crippen molar-refractivity contribution in [2.45, 2.75) is 20.3 Å². The van der Waals surface area contributed by atoms with Gasteiger partial charge in [0.15, 0.2) is 0 Å². The summed E-state index contributed by atoms with van der Waals surface area (Å²) in [4.78, 5) is 22.2. The molecule has 1 amide bonds. The molecule has 0 heterocycles. The quantitative estimate of drug-likeness (QED) is 0.533. The first-order chi connectivity index (χ1) is 7.11. The fourth-order valence-corrected chi connectivity index (χ4v) is 0.968. The van der Waals surface area contributed by atoms with Crippen LogP contribution in [0.2, 0.25) is 0 Å². The fourth-order valence-electron chi connectivity index (χ4n) is 0.968. The van der Waals surface area contributed by atoms with Crippen LogP contribution >= 0.6 is 0 Å². The first kappa shape index (κ1) is 13.4. The third-order valence-corrected chi connectivity index (χ3v) is 1.67. The number of amides is 1. The Morgan fingerprint density at radius 2 is 2.07 bits per heavy atom. The molecule has 0 rings (SSSR count). The minimum atomic E-state index is -0.186. The molecule has 1 N–H and O–H groups in total. The fraction of sp³-hybridized carbons (Fsp3) is 0.333. The highest BCUT2D eigenvalue weighted by molar-refractivity contribution is 5.96. The van der Waals surface area contributed by atoms with Crippen LogP contribution in [0.4, 0.5) is 0 Å². The van der Waals surface area contributed by atoms with Gasteiger partial charge in [0.2, 0.25) is 0 Å². The second kappa shape index (κ2) is 7.74. The maximum Gasteiger partial charge on any atom is 0.251 e. The van der Waals surface area contributed by atoms with Crippen LogP contribution in [0.3, 0.4) is 0 Å². The Morgan fingerprint density at radius 3 is 2.53 bits per heavy atom. The number of carbonyl (C=O) groups excluding carboxylic acids is 2. The summed E-state index contributed by atoms with van der Waals surface area (Å²) in [6.07, 6.45) is 7.02. The van der Waals surface area contributed by atoms with Crippen LogP contribution in [0.1, 0.15) is 20.3 Å². The average Bonchev–Trinajstić information content (AvgIpc) is 2.16. The third kappa shape index (κ3) is 6.43. The molecule has 3 heteroatoms. The molecule has 0 fully saturated rings. The molecule has 0 aliphatic carbocycles. The standard InChI is InChI=1S/C12H17NO2/c1-4-6-11(7-5-2)12(15)13-9-8-10(3)14/h4-7H,1,8-9H2,2-3H3,(H,13,15)/b7-5-,11-6+. The molecule has 0 aromatic carbocycles. The number of hydrogen-bond acceptors (Lipinski definition) is 2. The van der Waals surface area contributed by atoms with Gasteiger partial charge in [-0.15, -0.1) is 0 Å². The number of allylic oxidation sites excluding steroid dienone is 3. The number of Topliss-reactive ketones (excluding diaryl/α,β-unsaturated/α-hetero) is 1. The molecular weight excluding hydrogens is 190 g/mol. The van der Waals surface area contributed by atoms with Crippen LogP contribution in [-0.4, -0.2) is 18.2 Å². The summed E-state index contributed by atoms with van der Waals surface area (Å²) in [6.45, 7) is 7.24. The highest BCUT2D eigenvalue weighted by Crippen LogP contribution is 1.97. The average molecular weight is 207 g/mol. The maximum absolute atomic E-state index is 11.5. The lowest BCUT2D eigenvalue weighted by Gasteiger charge is -2.03. The molecule has 0 aromatic heterocycles. The van der Waals surface area contributed by atoms with Gasteiger partial charge < -0.3 is 5.32 Å². The first-order valence-electron chi connectivity index (χ1n) is 4.84. The van der Waals surface area contributed by atoms with Gasteiger partial charge in [0.25, 0.3) is 5.91 Å². The van der Waals surface area contributed by atoms with Crippen molar-refractivity contribution in [1.82, 2.24) is 5.32 Å². The summed E-state index contributed by atoms with van der Waals surface area (Å²) in [5.41, 5.74) is 0.538. The largest absolute Gasteiger partial charge is 0.352 e. The smallest absolute Gasteiger partial charge is 0.251 e. The molecule has 3 nitrogen and oxygen atoms in total. The highest BCUT2D eigenvalue weighted by atomic mass is 16.1. The Hall–Kier alpha value is -1.64. The molecule has 0 saturated heterocycles. The molecule has 0 unspecified atom stereocenters. The van der Waals surface area contributed by atoms with Crippen molar-refractivity contribution in [3.63, 3.8) is 0 Å². The van der Waals surface area contributed by atoms with Gasteiger partial charge in [-0.2, -0.15) is 0 Å². The summed E-state index contributed by atoms with van der Waals surface area (Å²) < 4.78 is 0. The van der Waals surface area contributed by atoms with Crippen LogP contribution in [0.5, 0.6) is 0 Å². The molecule has 0 saturated carbocycles. The van der Waals surface area contributed by atoms with Gasteiger partial charge in [-0.1, -0.05) is 30.9 Å². The van der Waals surface area contributed by atoms with Gasteiger partial charge in [0.1, 0.15) is 5.78 Å². The molecule has 0 bridgehead atoms. The second-order valence-electron chi connectivity index (χ2n) is 3.07. The molecule has 0 atom stereocenters. The Bertz CT molecular complexity index is 301. The maximum atomic E-state index is 11.5. The van der Waals surface area contributed by atoms with Crippen molar-refractivity contribution in [3.8, 4) is 0 Å². The van der Waals surface area contributed by atoms with Gasteiger partial charge in [-0.3, -0.25) is 9.59 Å². The molecule has 15 heavy (non-hydrogen) atoms. The Kier molecular flexibility index (Phi) is 6.89. The lowest BCUT2D eigenvalue weighted by atomic mass is 10.2. The molecule has 0 radical (unpaired) electrons. The van der Waals surface area contributed by atoms with E-state index in [2.05, 4.69) is 11.9 Å². The highest BCUT2D eigenvalue weighted by Gasteiger charge is 2.04. The first-order valence-corrected chi connectivity index (χ1v) is 4.84. The Balaban J connectivity index is 4.21. The van der Waals surface area contributed by atoms with Crippen LogP contribution in [-0.2, 0) is 9.59 Å². The van der Waals surface area contributed by atoms with E-state index in [9.17, 15) is 9.59 Å². The zero-order valence-electron chi connectivity index (χ0n) is 9.25. The van der Waals surface area contributed by atoms with E-state index >= 15 is 0 Å². The zero-order chi connectivity index (χ0) is 11.7. The summed E-state index contributed by atoms with van der Waals surface area (Å²) in [7, 11) is 0. The van der Waals surface area contributed by atoms with E-state index in [1.54, 1.807) is 24.3 Å². The van der Waals surface area contributed by atoms with Gasteiger partial charge >= 0.3 is 0 Å². The van der Waals surface area contributed by atoms with E-state index in [-0.39, 0.29) is 11.7 Å². The van der Waals surface area contributed by atoms with Crippen molar-refractivity contribution in [3.05, 3.63) is 36.5 Å². The lowest BCUT2D eigenvalue weighted by molar-refractivity contribution is -0.118. The molecule has 0 aliphatic rings. The van der Waals surface area contributed by atoms with E-state index < -0.39 is 0 Å². The van der Waals surface area contributed by atoms with Crippen LogP contribution < -0.4 is 5.32 Å². The van der Waals surface area contributed by atoms with Crippen molar-refractivity contribution in [2.24, 2.45) is 0 Å². The number of carbonyl (C=O) groups is 2. The van der Waals surface area contributed by atoms with Gasteiger partial charge in [0, 0.05) is 18.5 Å². The molecule has 0 aromatic rings. The molecular formula is C12H17NO2. The summed E-state index contributed by atoms with van der Waals surface area (Å²) in [6, 6.07) is 0. The van der Waals surface area contributed by atoms with E-state index in [1.165, 1.54) is 6.92 Å². The predicted molar refractivity (Wildman–Crippen MR) is 61.4 cm³/mol. The van der Waals surface area contributed by atoms with Crippen LogP contribution in [0, 0.1) is 0 Å². The van der Waals surface area contributed by atoms with E-state index in [0.717, 1.165) is 0 Å². The monoisotopic (exact) mass is 207 g/mol. The van der Waals surface area contributed by atoms with E-state index in [0.29, 0.717) is 18.5 Å². The summed E-state index contributed by atoms with van der Waals surface area (Å²) >= 11 is 0. The van der Waals surface area contributed by atoms with E-state index in [1.807, 2.05) is 6.92 Å². The molecule has 0 aliphatic heterocycles. The van der Waals surface area contributed by atoms with Crippen molar-refractivity contribution < 1.29 is 9.59 Å². The van der Waals surface area contributed by atoms with Crippen molar-refractivity contribution in [1.29, 1.82) is 0 Å². The second-order valence-corrected chi connectivity index (χ2v) is 3.07. The molecule has 82 valence electrons. The van der Waals surface area contributed by atoms with Crippen molar-refractivity contribution in [2.75, 3.05) is 6.54 Å². The predicted octanol–water partition coefficient (Wildman–Crippen LogP) is 1.77. The van der Waals surface area contributed by atoms with Crippen LogP contribution in [0.15, 0.2) is 36.5 Å². The minimum Gasteiger partial charge on any atom is -0.352 e. The normalized spacial score (nSPS) is 11.5. The number of nitrogens with one attached hydrogen (secondary N) is 1. The van der Waals surface area contributed by atoms with Gasteiger partial charge in [-0.25, -0.2) is 0 Å². The SMILES string of the molecule is C=C/C=C(\C=C/C)C(=O)NCCC(C)=O. The Labute approximate surface area is 90.6 Å². The van der Waals surface area contributed by atoms with Gasteiger partial charge in [0.05, 0.1) is 0 Å². The molecule has 0 spiro atoms. The zero-order valence-corrected chi connectivity index (χ0v) is 9.25. The van der Waals surface area contributed by atoms with Crippen LogP contribution in [0.25, 0.3) is 0 Å². The number of hydrogen-bond donors (Lipinski definition) is 1. The topological polar surface area (TPSA) is 46.2 Å². The lowest BCUT2D eigenvalue weighted by Crippen LogP contribution is -2.26. The summed E-state index contributed by atoms with van der Waals surface area (Å²) in [5, 5.41) is 2.66. The minimum absolute atomic E-state index is 0.0654. The van der Waals surface area contributed by atoms with Crippen molar-refractivity contribution >= 4 is 11.7 Å². The number of rotatable bonds is 6. The van der Waals surface area contributed by atoms with E-state index in [4.69, 9.17) is 0 Å².